The van der Waals surface area contributed by atoms with Crippen LogP contribution in [0.1, 0.15) is 80.2 Å². The smallest absolute Gasteiger partial charge is 0.308 e. The summed E-state index contributed by atoms with van der Waals surface area (Å²) in [6.07, 6.45) is 5.42. The molecule has 39 heavy (non-hydrogen) atoms. The molecule has 1 saturated heterocycles. The quantitative estimate of drug-likeness (QED) is 0.431. The van der Waals surface area contributed by atoms with Gasteiger partial charge in [-0.1, -0.05) is 6.07 Å². The first-order chi connectivity index (χ1) is 18.6. The number of nitrogens with zero attached hydrogens (tertiary/aromatic N) is 4. The van der Waals surface area contributed by atoms with E-state index < -0.39 is 24.0 Å². The molecule has 10 nitrogen and oxygen atoms in total. The van der Waals surface area contributed by atoms with E-state index in [0.717, 1.165) is 50.2 Å². The minimum atomic E-state index is -1.13. The first kappa shape index (κ1) is 28.4. The first-order valence-corrected chi connectivity index (χ1v) is 13.9. The predicted octanol–water partition coefficient (Wildman–Crippen LogP) is 3.77. The summed E-state index contributed by atoms with van der Waals surface area (Å²) in [6.45, 7) is 8.20. The number of hydrogen-bond acceptors (Lipinski definition) is 9. The number of hydrogen-bond donors (Lipinski definition) is 2. The van der Waals surface area contributed by atoms with Crippen molar-refractivity contribution in [3.05, 3.63) is 40.5 Å². The predicted molar refractivity (Wildman–Crippen MR) is 147 cm³/mol. The number of aromatic nitrogens is 3. The third-order valence-corrected chi connectivity index (χ3v) is 7.80. The third-order valence-electron chi connectivity index (χ3n) is 7.80. The lowest BCUT2D eigenvalue weighted by Gasteiger charge is -2.34. The molecule has 210 valence electrons. The number of carbonyl (C=O) groups excluding carboxylic acids is 2. The summed E-state index contributed by atoms with van der Waals surface area (Å²) in [6, 6.07) is 4.48. The van der Waals surface area contributed by atoms with E-state index in [0.29, 0.717) is 17.6 Å². The summed E-state index contributed by atoms with van der Waals surface area (Å²) in [5.41, 5.74) is 4.72. The fourth-order valence-electron chi connectivity index (χ4n) is 5.30. The number of aryl methyl sites for hydroxylation is 3. The molecule has 1 aliphatic heterocycles. The van der Waals surface area contributed by atoms with E-state index in [1.807, 2.05) is 13.8 Å². The van der Waals surface area contributed by atoms with Crippen LogP contribution in [-0.2, 0) is 32.0 Å². The number of nitrogens with one attached hydrogen (secondary N) is 1. The molecule has 1 unspecified atom stereocenters. The maximum Gasteiger partial charge on any atom is 0.308 e. The van der Waals surface area contributed by atoms with Crippen LogP contribution in [0.3, 0.4) is 0 Å². The van der Waals surface area contributed by atoms with E-state index in [4.69, 9.17) is 14.7 Å². The van der Waals surface area contributed by atoms with Crippen LogP contribution in [0.2, 0.25) is 0 Å². The summed E-state index contributed by atoms with van der Waals surface area (Å²) in [5, 5.41) is 12.8. The normalized spacial score (nSPS) is 17.2. The lowest BCUT2D eigenvalue weighted by Crippen LogP contribution is -2.35. The van der Waals surface area contributed by atoms with Crippen LogP contribution < -0.4 is 10.2 Å². The highest BCUT2D eigenvalue weighted by atomic mass is 16.5. The molecule has 2 aromatic heterocycles. The van der Waals surface area contributed by atoms with Crippen LogP contribution in [0.4, 0.5) is 11.6 Å². The van der Waals surface area contributed by atoms with Gasteiger partial charge < -0.3 is 20.1 Å². The largest absolute Gasteiger partial charge is 0.481 e. The molecule has 0 radical (unpaired) electrons. The van der Waals surface area contributed by atoms with Crippen LogP contribution in [-0.4, -0.2) is 63.5 Å². The monoisotopic (exact) mass is 537 g/mol. The lowest BCUT2D eigenvalue weighted by molar-refractivity contribution is -0.157. The van der Waals surface area contributed by atoms with Gasteiger partial charge in [-0.2, -0.15) is 0 Å². The summed E-state index contributed by atoms with van der Waals surface area (Å²) < 4.78 is 5.04. The summed E-state index contributed by atoms with van der Waals surface area (Å²) in [5.74, 6) is -0.785. The number of ether oxygens (including phenoxy) is 1. The molecule has 2 N–H and O–H groups in total. The number of ketones is 1. The number of anilines is 2. The number of carbonyl (C=O) groups is 3. The van der Waals surface area contributed by atoms with Crippen molar-refractivity contribution in [2.75, 3.05) is 29.9 Å². The van der Waals surface area contributed by atoms with E-state index in [1.54, 1.807) is 0 Å². The van der Waals surface area contributed by atoms with E-state index in [2.05, 4.69) is 27.3 Å². The molecule has 10 heteroatoms. The maximum atomic E-state index is 12.2. The molecular weight excluding hydrogens is 498 g/mol. The molecule has 0 amide bonds. The van der Waals surface area contributed by atoms with Gasteiger partial charge in [0.15, 0.2) is 11.9 Å². The number of rotatable bonds is 10. The summed E-state index contributed by atoms with van der Waals surface area (Å²) in [4.78, 5) is 51.8. The van der Waals surface area contributed by atoms with Gasteiger partial charge in [-0.15, -0.1) is 0 Å². The highest BCUT2D eigenvalue weighted by Crippen LogP contribution is 2.33. The average Bonchev–Trinajstić information content (AvgIpc) is 2.92. The van der Waals surface area contributed by atoms with Crippen LogP contribution in [0.15, 0.2) is 12.1 Å². The van der Waals surface area contributed by atoms with Crippen LogP contribution in [0.25, 0.3) is 0 Å². The highest BCUT2D eigenvalue weighted by Gasteiger charge is 2.27. The Bertz CT molecular complexity index is 1220. The molecule has 2 aliphatic rings. The molecule has 0 bridgehead atoms. The zero-order chi connectivity index (χ0) is 28.1. The summed E-state index contributed by atoms with van der Waals surface area (Å²) >= 11 is 0. The van der Waals surface area contributed by atoms with Gasteiger partial charge in [0.25, 0.3) is 0 Å². The van der Waals surface area contributed by atoms with E-state index >= 15 is 0 Å². The lowest BCUT2D eigenvalue weighted by atomic mass is 9.90. The molecule has 2 aromatic rings. The van der Waals surface area contributed by atoms with Gasteiger partial charge in [0.05, 0.1) is 12.3 Å². The molecule has 3 heterocycles. The van der Waals surface area contributed by atoms with Crippen LogP contribution >= 0.6 is 0 Å². The second kappa shape index (κ2) is 12.5. The third kappa shape index (κ3) is 7.10. The van der Waals surface area contributed by atoms with Crippen molar-refractivity contribution in [2.24, 2.45) is 5.92 Å². The number of esters is 1. The second-order valence-corrected chi connectivity index (χ2v) is 10.7. The Labute approximate surface area is 229 Å². The number of carboxylic acids is 1. The van der Waals surface area contributed by atoms with Crippen molar-refractivity contribution in [1.29, 1.82) is 0 Å². The Balaban J connectivity index is 1.39. The minimum Gasteiger partial charge on any atom is -0.481 e. The first-order valence-electron chi connectivity index (χ1n) is 13.9. The second-order valence-electron chi connectivity index (χ2n) is 10.7. The number of pyridine rings is 1. The van der Waals surface area contributed by atoms with E-state index in [9.17, 15) is 19.5 Å². The Kier molecular flexibility index (Phi) is 9.14. The van der Waals surface area contributed by atoms with Gasteiger partial charge in [0, 0.05) is 42.5 Å². The maximum absolute atomic E-state index is 12.2. The van der Waals surface area contributed by atoms with E-state index in [-0.39, 0.29) is 18.7 Å². The fourth-order valence-corrected chi connectivity index (χ4v) is 5.30. The van der Waals surface area contributed by atoms with Crippen molar-refractivity contribution in [3.63, 3.8) is 0 Å². The number of fused-ring (bicyclic) bond motifs is 1. The Morgan fingerprint density at radius 3 is 2.51 bits per heavy atom. The van der Waals surface area contributed by atoms with Crippen molar-refractivity contribution >= 4 is 29.4 Å². The van der Waals surface area contributed by atoms with Gasteiger partial charge in [-0.05, 0) is 77.8 Å². The molecule has 0 saturated carbocycles. The summed E-state index contributed by atoms with van der Waals surface area (Å²) in [7, 11) is 0. The van der Waals surface area contributed by atoms with Gasteiger partial charge in [0.2, 0.25) is 0 Å². The average molecular weight is 538 g/mol. The zero-order valence-electron chi connectivity index (χ0n) is 23.3. The Morgan fingerprint density at radius 1 is 1.10 bits per heavy atom. The molecule has 2 atom stereocenters. The molecule has 1 aliphatic carbocycles. The van der Waals surface area contributed by atoms with Crippen molar-refractivity contribution in [1.82, 2.24) is 15.0 Å². The number of piperidine rings is 1. The molecule has 0 aromatic carbocycles. The van der Waals surface area contributed by atoms with Crippen molar-refractivity contribution < 1.29 is 24.2 Å². The number of carboxylic acid groups (broad SMARTS) is 1. The zero-order valence-corrected chi connectivity index (χ0v) is 23.3. The highest BCUT2D eigenvalue weighted by molar-refractivity contribution is 5.84. The van der Waals surface area contributed by atoms with Gasteiger partial charge in [-0.25, -0.2) is 9.97 Å². The topological polar surface area (TPSA) is 135 Å². The molecule has 4 rings (SSSR count). The standard InChI is InChI=1S/C29H39N5O5/c1-17-27(30-16-23(29(37)38)15-26(36)39-19(3)18(2)35)31-20(4)32-28(17)34-13-11-22(12-14-34)25-10-9-21-7-5-6-8-24(21)33-25/h9-10,19,22-23H,5-8,11-16H2,1-4H3,(H,37,38)(H,30,31,32)/t19-,23?/m0/s1. The van der Waals surface area contributed by atoms with Gasteiger partial charge >= 0.3 is 11.9 Å². The van der Waals surface area contributed by atoms with Crippen LogP contribution in [0, 0.1) is 19.8 Å². The van der Waals surface area contributed by atoms with E-state index in [1.165, 1.54) is 43.6 Å². The molecular formula is C29H39N5O5. The van der Waals surface area contributed by atoms with Crippen molar-refractivity contribution in [2.45, 2.75) is 84.7 Å². The molecule has 0 spiro atoms. The number of aliphatic carboxylic acids is 1. The van der Waals surface area contributed by atoms with Gasteiger partial charge in [-0.3, -0.25) is 19.4 Å². The Morgan fingerprint density at radius 2 is 1.82 bits per heavy atom. The minimum absolute atomic E-state index is 0.0122. The Hall–Kier alpha value is -3.56. The van der Waals surface area contributed by atoms with Crippen molar-refractivity contribution in [3.8, 4) is 0 Å². The number of Topliss-reactive ketones (excluding diaryl/α,β-unsaturated/α-hetero) is 1. The van der Waals surface area contributed by atoms with Crippen LogP contribution in [0.5, 0.6) is 0 Å². The molecule has 1 fully saturated rings. The van der Waals surface area contributed by atoms with Gasteiger partial charge in [0.1, 0.15) is 17.5 Å². The fraction of sp³-hybridized carbons (Fsp3) is 0.586. The SMILES string of the molecule is CC(=O)[C@H](C)OC(=O)CC(CNc1nc(C)nc(N2CCC(c3ccc4c(n3)CCCC4)CC2)c1C)C(=O)O.